The van der Waals surface area contributed by atoms with Crippen LogP contribution in [0.5, 0.6) is 0 Å². The second-order valence-electron chi connectivity index (χ2n) is 5.79. The Morgan fingerprint density at radius 2 is 1.95 bits per heavy atom. The summed E-state index contributed by atoms with van der Waals surface area (Å²) >= 11 is 0. The van der Waals surface area contributed by atoms with E-state index in [0.29, 0.717) is 0 Å². The van der Waals surface area contributed by atoms with Crippen molar-refractivity contribution in [3.63, 3.8) is 0 Å². The number of rotatable bonds is 5. The van der Waals surface area contributed by atoms with Gasteiger partial charge in [-0.1, -0.05) is 12.1 Å². The maximum Gasteiger partial charge on any atom is 0.408 e. The number of benzene rings is 1. The number of halogens is 2. The van der Waals surface area contributed by atoms with E-state index in [1.54, 1.807) is 20.8 Å². The van der Waals surface area contributed by atoms with Gasteiger partial charge >= 0.3 is 12.1 Å². The van der Waals surface area contributed by atoms with Crippen molar-refractivity contribution >= 4 is 12.1 Å². The minimum absolute atomic E-state index is 0.0314. The summed E-state index contributed by atoms with van der Waals surface area (Å²) in [6.45, 7) is 4.93. The summed E-state index contributed by atoms with van der Waals surface area (Å²) in [7, 11) is 0. The third-order valence-corrected chi connectivity index (χ3v) is 2.72. The van der Waals surface area contributed by atoms with Gasteiger partial charge in [0.1, 0.15) is 11.6 Å². The summed E-state index contributed by atoms with van der Waals surface area (Å²) in [5.41, 5.74) is -0.709. The normalized spacial score (nSPS) is 12.6. The van der Waals surface area contributed by atoms with Gasteiger partial charge in [-0.05, 0) is 45.2 Å². The molecule has 0 aliphatic heterocycles. The highest BCUT2D eigenvalue weighted by Gasteiger charge is 2.24. The van der Waals surface area contributed by atoms with E-state index in [1.807, 2.05) is 0 Å². The Hall–Kier alpha value is -2.18. The van der Waals surface area contributed by atoms with E-state index in [1.165, 1.54) is 12.1 Å². The highest BCUT2D eigenvalue weighted by Crippen LogP contribution is 2.14. The average molecular weight is 315 g/mol. The molecule has 0 saturated heterocycles. The topological polar surface area (TPSA) is 75.6 Å². The van der Waals surface area contributed by atoms with Gasteiger partial charge in [0.25, 0.3) is 0 Å². The summed E-state index contributed by atoms with van der Waals surface area (Å²) in [6.07, 6.45) is -0.995. The fraction of sp³-hybridized carbons (Fsp3) is 0.467. The fourth-order valence-corrected chi connectivity index (χ4v) is 1.75. The van der Waals surface area contributed by atoms with Crippen LogP contribution in [0.4, 0.5) is 13.6 Å². The van der Waals surface area contributed by atoms with Crippen molar-refractivity contribution in [3.05, 3.63) is 35.4 Å². The van der Waals surface area contributed by atoms with E-state index < -0.39 is 35.3 Å². The molecule has 1 amide bonds. The lowest BCUT2D eigenvalue weighted by molar-refractivity contribution is -0.139. The Morgan fingerprint density at radius 3 is 2.50 bits per heavy atom. The van der Waals surface area contributed by atoms with Crippen LogP contribution in [-0.2, 0) is 16.0 Å². The molecule has 2 N–H and O–H groups in total. The van der Waals surface area contributed by atoms with Crippen molar-refractivity contribution in [3.8, 4) is 0 Å². The predicted octanol–water partition coefficient (Wildman–Crippen LogP) is 2.88. The van der Waals surface area contributed by atoms with Crippen molar-refractivity contribution in [1.82, 2.24) is 5.32 Å². The van der Waals surface area contributed by atoms with Crippen LogP contribution in [0.2, 0.25) is 0 Å². The fourth-order valence-electron chi connectivity index (χ4n) is 1.75. The quantitative estimate of drug-likeness (QED) is 0.876. The van der Waals surface area contributed by atoms with E-state index in [2.05, 4.69) is 5.32 Å². The van der Waals surface area contributed by atoms with Crippen molar-refractivity contribution < 1.29 is 28.2 Å². The number of carbonyl (C=O) groups excluding carboxylic acids is 1. The van der Waals surface area contributed by atoms with Crippen LogP contribution in [0.15, 0.2) is 18.2 Å². The zero-order chi connectivity index (χ0) is 16.9. The number of carboxylic acids is 1. The molecule has 0 aromatic heterocycles. The van der Waals surface area contributed by atoms with Gasteiger partial charge in [-0.3, -0.25) is 0 Å². The van der Waals surface area contributed by atoms with Gasteiger partial charge in [-0.15, -0.1) is 0 Å². The first-order chi connectivity index (χ1) is 10.1. The Labute approximate surface area is 127 Å². The third-order valence-electron chi connectivity index (χ3n) is 2.72. The van der Waals surface area contributed by atoms with Crippen LogP contribution < -0.4 is 5.32 Å². The van der Waals surface area contributed by atoms with Crippen LogP contribution in [0.25, 0.3) is 0 Å². The van der Waals surface area contributed by atoms with E-state index in [4.69, 9.17) is 9.84 Å². The van der Waals surface area contributed by atoms with Crippen LogP contribution in [0.1, 0.15) is 32.8 Å². The lowest BCUT2D eigenvalue weighted by Crippen LogP contribution is -2.43. The summed E-state index contributed by atoms with van der Waals surface area (Å²) in [4.78, 5) is 22.7. The summed E-state index contributed by atoms with van der Waals surface area (Å²) in [5.74, 6) is -3.28. The molecule has 1 rings (SSSR count). The van der Waals surface area contributed by atoms with Crippen molar-refractivity contribution in [2.45, 2.75) is 45.3 Å². The highest BCUT2D eigenvalue weighted by molar-refractivity contribution is 5.80. The van der Waals surface area contributed by atoms with Crippen LogP contribution >= 0.6 is 0 Å². The molecule has 22 heavy (non-hydrogen) atoms. The summed E-state index contributed by atoms with van der Waals surface area (Å²) in [5, 5.41) is 11.3. The number of hydrogen-bond acceptors (Lipinski definition) is 3. The van der Waals surface area contributed by atoms with Gasteiger partial charge in [0.2, 0.25) is 0 Å². The molecule has 1 aromatic rings. The minimum atomic E-state index is -1.28. The number of aryl methyl sites for hydroxylation is 1. The van der Waals surface area contributed by atoms with Crippen LogP contribution in [-0.4, -0.2) is 28.8 Å². The standard InChI is InChI=1S/C15H19F2NO4/c1-15(2,3)22-14(21)18-11(13(19)20)8-7-9-5-4-6-10(16)12(9)17/h4-6,11H,7-8H2,1-3H3,(H,18,21)(H,19,20)/t11-/m1/s1. The zero-order valence-electron chi connectivity index (χ0n) is 12.7. The van der Waals surface area contributed by atoms with Gasteiger partial charge in [-0.25, -0.2) is 18.4 Å². The van der Waals surface area contributed by atoms with Crippen LogP contribution in [0.3, 0.4) is 0 Å². The number of carboxylic acid groups (broad SMARTS) is 1. The molecule has 5 nitrogen and oxygen atoms in total. The minimum Gasteiger partial charge on any atom is -0.480 e. The molecule has 122 valence electrons. The van der Waals surface area contributed by atoms with Gasteiger partial charge in [-0.2, -0.15) is 0 Å². The molecule has 1 atom stereocenters. The Balaban J connectivity index is 2.67. The summed E-state index contributed by atoms with van der Waals surface area (Å²) in [6, 6.07) is 2.43. The molecule has 0 fully saturated rings. The number of amides is 1. The number of carbonyl (C=O) groups is 2. The first-order valence-electron chi connectivity index (χ1n) is 6.75. The zero-order valence-corrected chi connectivity index (χ0v) is 12.7. The van der Waals surface area contributed by atoms with Gasteiger partial charge in [0.05, 0.1) is 0 Å². The molecule has 0 saturated carbocycles. The molecule has 0 spiro atoms. The highest BCUT2D eigenvalue weighted by atomic mass is 19.2. The second-order valence-corrected chi connectivity index (χ2v) is 5.79. The Kier molecular flexibility index (Phi) is 5.84. The van der Waals surface area contributed by atoms with E-state index >= 15 is 0 Å². The lowest BCUT2D eigenvalue weighted by Gasteiger charge is -2.22. The molecule has 0 bridgehead atoms. The summed E-state index contributed by atoms with van der Waals surface area (Å²) < 4.78 is 31.5. The first-order valence-corrected chi connectivity index (χ1v) is 6.75. The first kappa shape index (κ1) is 17.9. The van der Waals surface area contributed by atoms with E-state index in [-0.39, 0.29) is 18.4 Å². The molecule has 0 radical (unpaired) electrons. The molecule has 0 aliphatic carbocycles. The number of nitrogens with one attached hydrogen (secondary N) is 1. The Morgan fingerprint density at radius 1 is 1.32 bits per heavy atom. The number of alkyl carbamates (subject to hydrolysis) is 1. The number of aliphatic carboxylic acids is 1. The Bertz CT molecular complexity index is 555. The maximum atomic E-state index is 13.5. The van der Waals surface area contributed by atoms with Gasteiger partial charge in [0, 0.05) is 0 Å². The molecular formula is C15H19F2NO4. The van der Waals surface area contributed by atoms with Gasteiger partial charge < -0.3 is 15.2 Å². The van der Waals surface area contributed by atoms with Crippen molar-refractivity contribution in [1.29, 1.82) is 0 Å². The predicted molar refractivity (Wildman–Crippen MR) is 75.5 cm³/mol. The molecular weight excluding hydrogens is 296 g/mol. The van der Waals surface area contributed by atoms with Crippen LogP contribution in [0, 0.1) is 11.6 Å². The smallest absolute Gasteiger partial charge is 0.408 e. The maximum absolute atomic E-state index is 13.5. The van der Waals surface area contributed by atoms with Crippen molar-refractivity contribution in [2.75, 3.05) is 0 Å². The van der Waals surface area contributed by atoms with E-state index in [0.717, 1.165) is 6.07 Å². The molecule has 0 heterocycles. The second kappa shape index (κ2) is 7.20. The number of ether oxygens (including phenoxy) is 1. The SMILES string of the molecule is CC(C)(C)OC(=O)N[C@H](CCc1cccc(F)c1F)C(=O)O. The number of hydrogen-bond donors (Lipinski definition) is 2. The largest absolute Gasteiger partial charge is 0.480 e. The molecule has 7 heteroatoms. The third kappa shape index (κ3) is 5.67. The van der Waals surface area contributed by atoms with Crippen molar-refractivity contribution in [2.24, 2.45) is 0 Å². The molecule has 0 aliphatic rings. The lowest BCUT2D eigenvalue weighted by atomic mass is 10.0. The average Bonchev–Trinajstić information content (AvgIpc) is 2.36. The van der Waals surface area contributed by atoms with Gasteiger partial charge in [0.15, 0.2) is 11.6 Å². The molecule has 1 aromatic carbocycles. The monoisotopic (exact) mass is 315 g/mol. The van der Waals surface area contributed by atoms with E-state index in [9.17, 15) is 18.4 Å². The molecule has 0 unspecified atom stereocenters.